The lowest BCUT2D eigenvalue weighted by Crippen LogP contribution is -2.26. The molecular formula is C19H29NO4. The van der Waals surface area contributed by atoms with Gasteiger partial charge in [-0.05, 0) is 30.4 Å². The fourth-order valence-electron chi connectivity index (χ4n) is 2.35. The summed E-state index contributed by atoms with van der Waals surface area (Å²) in [6.45, 7) is 1.98. The second-order valence-corrected chi connectivity index (χ2v) is 5.85. The SMILES string of the molecule is COCCCCC(=O)Cc1ccc(CC(=O)NCCCOC)cc1. The summed E-state index contributed by atoms with van der Waals surface area (Å²) in [6.07, 6.45) is 4.01. The van der Waals surface area contributed by atoms with Crippen LogP contribution in [0, 0.1) is 0 Å². The van der Waals surface area contributed by atoms with Gasteiger partial charge in [-0.1, -0.05) is 24.3 Å². The molecule has 1 rings (SSSR count). The summed E-state index contributed by atoms with van der Waals surface area (Å²) in [4.78, 5) is 23.7. The first-order chi connectivity index (χ1) is 11.7. The molecule has 1 aromatic rings. The number of ketones is 1. The van der Waals surface area contributed by atoms with Crippen LogP contribution < -0.4 is 5.32 Å². The minimum atomic E-state index is 0.00747. The van der Waals surface area contributed by atoms with Gasteiger partial charge in [-0.25, -0.2) is 0 Å². The molecule has 0 aliphatic carbocycles. The highest BCUT2D eigenvalue weighted by Gasteiger charge is 2.06. The van der Waals surface area contributed by atoms with Crippen molar-refractivity contribution in [3.8, 4) is 0 Å². The predicted molar refractivity (Wildman–Crippen MR) is 94.1 cm³/mol. The molecule has 1 aromatic carbocycles. The first-order valence-electron chi connectivity index (χ1n) is 8.49. The van der Waals surface area contributed by atoms with Crippen molar-refractivity contribution in [2.75, 3.05) is 34.0 Å². The van der Waals surface area contributed by atoms with E-state index in [2.05, 4.69) is 5.32 Å². The van der Waals surface area contributed by atoms with Gasteiger partial charge in [0, 0.05) is 46.8 Å². The minimum Gasteiger partial charge on any atom is -0.385 e. The summed E-state index contributed by atoms with van der Waals surface area (Å²) >= 11 is 0. The van der Waals surface area contributed by atoms with Crippen LogP contribution in [0.25, 0.3) is 0 Å². The van der Waals surface area contributed by atoms with Crippen molar-refractivity contribution in [2.24, 2.45) is 0 Å². The molecule has 24 heavy (non-hydrogen) atoms. The van der Waals surface area contributed by atoms with Crippen LogP contribution >= 0.6 is 0 Å². The zero-order valence-electron chi connectivity index (χ0n) is 14.8. The highest BCUT2D eigenvalue weighted by atomic mass is 16.5. The summed E-state index contributed by atoms with van der Waals surface area (Å²) < 4.78 is 9.91. The first kappa shape index (κ1) is 20.3. The fourth-order valence-corrected chi connectivity index (χ4v) is 2.35. The average Bonchev–Trinajstić information content (AvgIpc) is 2.57. The van der Waals surface area contributed by atoms with Crippen LogP contribution in [-0.4, -0.2) is 45.7 Å². The summed E-state index contributed by atoms with van der Waals surface area (Å²) in [5.41, 5.74) is 1.95. The molecule has 0 saturated heterocycles. The quantitative estimate of drug-likeness (QED) is 0.562. The minimum absolute atomic E-state index is 0.00747. The normalized spacial score (nSPS) is 10.6. The number of rotatable bonds is 13. The molecule has 1 N–H and O–H groups in total. The van der Waals surface area contributed by atoms with E-state index in [1.165, 1.54) is 0 Å². The number of Topliss-reactive ketones (excluding diaryl/α,β-unsaturated/α-hetero) is 1. The number of nitrogens with one attached hydrogen (secondary N) is 1. The number of ether oxygens (including phenoxy) is 2. The number of carbonyl (C=O) groups is 2. The largest absolute Gasteiger partial charge is 0.385 e. The second-order valence-electron chi connectivity index (χ2n) is 5.85. The van der Waals surface area contributed by atoms with Crippen molar-refractivity contribution in [1.29, 1.82) is 0 Å². The molecule has 5 heteroatoms. The van der Waals surface area contributed by atoms with E-state index < -0.39 is 0 Å². The van der Waals surface area contributed by atoms with Gasteiger partial charge < -0.3 is 14.8 Å². The van der Waals surface area contributed by atoms with E-state index in [1.54, 1.807) is 14.2 Å². The first-order valence-corrected chi connectivity index (χ1v) is 8.49. The molecule has 0 aliphatic rings. The van der Waals surface area contributed by atoms with Crippen LogP contribution in [0.3, 0.4) is 0 Å². The third-order valence-electron chi connectivity index (χ3n) is 3.69. The van der Waals surface area contributed by atoms with Crippen LogP contribution in [0.1, 0.15) is 36.8 Å². The Morgan fingerprint density at radius 1 is 0.875 bits per heavy atom. The number of amides is 1. The Kier molecular flexibility index (Phi) is 10.7. The van der Waals surface area contributed by atoms with Crippen LogP contribution in [0.2, 0.25) is 0 Å². The van der Waals surface area contributed by atoms with E-state index in [0.717, 1.165) is 30.4 Å². The molecule has 0 atom stereocenters. The maximum atomic E-state index is 11.9. The van der Waals surface area contributed by atoms with Crippen LogP contribution in [-0.2, 0) is 31.9 Å². The molecular weight excluding hydrogens is 306 g/mol. The summed E-state index contributed by atoms with van der Waals surface area (Å²) in [6, 6.07) is 7.70. The van der Waals surface area contributed by atoms with Crippen molar-refractivity contribution >= 4 is 11.7 Å². The number of hydrogen-bond acceptors (Lipinski definition) is 4. The third kappa shape index (κ3) is 9.43. The van der Waals surface area contributed by atoms with Crippen molar-refractivity contribution in [3.05, 3.63) is 35.4 Å². The number of methoxy groups -OCH3 is 2. The van der Waals surface area contributed by atoms with Crippen LogP contribution in [0.5, 0.6) is 0 Å². The lowest BCUT2D eigenvalue weighted by atomic mass is 10.0. The van der Waals surface area contributed by atoms with Gasteiger partial charge in [0.2, 0.25) is 5.91 Å². The molecule has 5 nitrogen and oxygen atoms in total. The highest BCUT2D eigenvalue weighted by molar-refractivity contribution is 5.81. The molecule has 0 spiro atoms. The maximum Gasteiger partial charge on any atom is 0.224 e. The van der Waals surface area contributed by atoms with Crippen LogP contribution in [0.4, 0.5) is 0 Å². The summed E-state index contributed by atoms with van der Waals surface area (Å²) in [5.74, 6) is 0.253. The topological polar surface area (TPSA) is 64.6 Å². The summed E-state index contributed by atoms with van der Waals surface area (Å²) in [7, 11) is 3.32. The lowest BCUT2D eigenvalue weighted by molar-refractivity contribution is -0.120. The van der Waals surface area contributed by atoms with Gasteiger partial charge in [-0.3, -0.25) is 9.59 Å². The van der Waals surface area contributed by atoms with E-state index in [-0.39, 0.29) is 11.7 Å². The van der Waals surface area contributed by atoms with E-state index in [4.69, 9.17) is 9.47 Å². The standard InChI is InChI=1S/C19H29NO4/c1-23-12-4-3-6-18(21)14-16-7-9-17(10-8-16)15-19(22)20-11-5-13-24-2/h7-10H,3-6,11-15H2,1-2H3,(H,20,22). The van der Waals surface area contributed by atoms with Gasteiger partial charge in [0.25, 0.3) is 0 Å². The third-order valence-corrected chi connectivity index (χ3v) is 3.69. The Balaban J connectivity index is 2.29. The van der Waals surface area contributed by atoms with E-state index in [1.807, 2.05) is 24.3 Å². The molecule has 0 aromatic heterocycles. The zero-order chi connectivity index (χ0) is 17.6. The fraction of sp³-hybridized carbons (Fsp3) is 0.579. The molecule has 134 valence electrons. The van der Waals surface area contributed by atoms with Gasteiger partial charge >= 0.3 is 0 Å². The summed E-state index contributed by atoms with van der Waals surface area (Å²) in [5, 5.41) is 2.86. The van der Waals surface area contributed by atoms with Gasteiger partial charge in [0.1, 0.15) is 5.78 Å². The van der Waals surface area contributed by atoms with Gasteiger partial charge in [0.15, 0.2) is 0 Å². The predicted octanol–water partition coefficient (Wildman–Crippen LogP) is 2.31. The van der Waals surface area contributed by atoms with Crippen molar-refractivity contribution in [3.63, 3.8) is 0 Å². The van der Waals surface area contributed by atoms with Crippen LogP contribution in [0.15, 0.2) is 24.3 Å². The maximum absolute atomic E-state index is 11.9. The molecule has 0 unspecified atom stereocenters. The molecule has 0 saturated carbocycles. The van der Waals surface area contributed by atoms with Crippen molar-refractivity contribution in [1.82, 2.24) is 5.32 Å². The van der Waals surface area contributed by atoms with Crippen molar-refractivity contribution in [2.45, 2.75) is 38.5 Å². The molecule has 0 fully saturated rings. The Bertz CT molecular complexity index is 440. The van der Waals surface area contributed by atoms with E-state index in [9.17, 15) is 9.59 Å². The molecule has 1 amide bonds. The Morgan fingerprint density at radius 2 is 1.46 bits per heavy atom. The zero-order valence-corrected chi connectivity index (χ0v) is 14.8. The molecule has 0 heterocycles. The lowest BCUT2D eigenvalue weighted by Gasteiger charge is -2.06. The van der Waals surface area contributed by atoms with E-state index in [0.29, 0.717) is 39.0 Å². The Morgan fingerprint density at radius 3 is 2.08 bits per heavy atom. The Hall–Kier alpha value is -1.72. The molecule has 0 radical (unpaired) electrons. The Labute approximate surface area is 144 Å². The monoisotopic (exact) mass is 335 g/mol. The smallest absolute Gasteiger partial charge is 0.224 e. The number of hydrogen-bond donors (Lipinski definition) is 1. The average molecular weight is 335 g/mol. The second kappa shape index (κ2) is 12.7. The van der Waals surface area contributed by atoms with E-state index >= 15 is 0 Å². The molecule has 0 bridgehead atoms. The van der Waals surface area contributed by atoms with Gasteiger partial charge in [-0.2, -0.15) is 0 Å². The number of unbranched alkanes of at least 4 members (excludes halogenated alkanes) is 1. The number of carbonyl (C=O) groups excluding carboxylic acids is 2. The highest BCUT2D eigenvalue weighted by Crippen LogP contribution is 2.08. The molecule has 0 aliphatic heterocycles. The number of benzene rings is 1. The van der Waals surface area contributed by atoms with Gasteiger partial charge in [-0.15, -0.1) is 0 Å². The van der Waals surface area contributed by atoms with Crippen molar-refractivity contribution < 1.29 is 19.1 Å². The van der Waals surface area contributed by atoms with Gasteiger partial charge in [0.05, 0.1) is 6.42 Å².